The van der Waals surface area contributed by atoms with E-state index in [1.54, 1.807) is 0 Å². The molecule has 2 fully saturated rings. The van der Waals surface area contributed by atoms with Crippen LogP contribution in [0.1, 0.15) is 31.7 Å². The zero-order valence-electron chi connectivity index (χ0n) is 8.78. The molecule has 0 bridgehead atoms. The standard InChI is InChI=1S/C11H13ClN2O2/c12-8-5-9(15)14(11(16)13-8)10(6-1-2-6)7-3-4-7/h5-7,10H,1-4H2,(H,13,16). The summed E-state index contributed by atoms with van der Waals surface area (Å²) in [5.74, 6) is 1.04. The van der Waals surface area contributed by atoms with Crippen molar-refractivity contribution < 1.29 is 0 Å². The van der Waals surface area contributed by atoms with Crippen LogP contribution in [0.3, 0.4) is 0 Å². The lowest BCUT2D eigenvalue weighted by molar-refractivity contribution is 0.370. The van der Waals surface area contributed by atoms with Crippen LogP contribution < -0.4 is 11.2 Å². The zero-order valence-corrected chi connectivity index (χ0v) is 9.54. The van der Waals surface area contributed by atoms with Crippen molar-refractivity contribution in [2.75, 3.05) is 0 Å². The maximum absolute atomic E-state index is 11.8. The minimum absolute atomic E-state index is 0.105. The Morgan fingerprint density at radius 2 is 1.81 bits per heavy atom. The highest BCUT2D eigenvalue weighted by atomic mass is 35.5. The molecule has 4 nitrogen and oxygen atoms in total. The monoisotopic (exact) mass is 240 g/mol. The summed E-state index contributed by atoms with van der Waals surface area (Å²) in [6, 6.07) is 1.40. The van der Waals surface area contributed by atoms with Crippen LogP contribution in [0, 0.1) is 11.8 Å². The first-order valence-corrected chi connectivity index (χ1v) is 6.06. The van der Waals surface area contributed by atoms with Crippen molar-refractivity contribution in [1.82, 2.24) is 9.55 Å². The van der Waals surface area contributed by atoms with Crippen LogP contribution in [-0.4, -0.2) is 9.55 Å². The van der Waals surface area contributed by atoms with E-state index in [1.165, 1.54) is 10.6 Å². The molecule has 0 aliphatic heterocycles. The fourth-order valence-corrected chi connectivity index (χ4v) is 2.62. The predicted molar refractivity (Wildman–Crippen MR) is 60.8 cm³/mol. The van der Waals surface area contributed by atoms with Gasteiger partial charge < -0.3 is 0 Å². The van der Waals surface area contributed by atoms with Crippen LogP contribution in [-0.2, 0) is 0 Å². The van der Waals surface area contributed by atoms with E-state index in [0.717, 1.165) is 25.7 Å². The maximum Gasteiger partial charge on any atom is 0.329 e. The van der Waals surface area contributed by atoms with Crippen LogP contribution in [0.25, 0.3) is 0 Å². The molecule has 2 aliphatic rings. The van der Waals surface area contributed by atoms with Crippen molar-refractivity contribution in [3.8, 4) is 0 Å². The van der Waals surface area contributed by atoms with Crippen molar-refractivity contribution in [3.05, 3.63) is 32.1 Å². The summed E-state index contributed by atoms with van der Waals surface area (Å²) >= 11 is 5.65. The number of halogens is 1. The molecule has 2 aliphatic carbocycles. The Bertz CT molecular complexity index is 482. The van der Waals surface area contributed by atoms with Crippen molar-refractivity contribution in [1.29, 1.82) is 0 Å². The molecule has 0 unspecified atom stereocenters. The van der Waals surface area contributed by atoms with Crippen molar-refractivity contribution in [2.45, 2.75) is 31.7 Å². The second-order valence-electron chi connectivity index (χ2n) is 4.80. The average Bonchev–Trinajstić information content (AvgIpc) is 3.04. The minimum atomic E-state index is -0.360. The molecule has 1 N–H and O–H groups in total. The van der Waals surface area contributed by atoms with E-state index < -0.39 is 0 Å². The third kappa shape index (κ3) is 1.71. The Morgan fingerprint density at radius 3 is 2.25 bits per heavy atom. The Morgan fingerprint density at radius 1 is 1.25 bits per heavy atom. The third-order valence-corrected chi connectivity index (χ3v) is 3.64. The molecule has 16 heavy (non-hydrogen) atoms. The Labute approximate surface area is 97.2 Å². The normalized spacial score (nSPS) is 20.4. The van der Waals surface area contributed by atoms with Gasteiger partial charge in [0, 0.05) is 12.1 Å². The molecule has 86 valence electrons. The molecule has 1 aromatic rings. The quantitative estimate of drug-likeness (QED) is 0.815. The van der Waals surface area contributed by atoms with E-state index in [0.29, 0.717) is 11.8 Å². The van der Waals surface area contributed by atoms with Crippen LogP contribution >= 0.6 is 11.6 Å². The van der Waals surface area contributed by atoms with Gasteiger partial charge in [-0.1, -0.05) is 11.6 Å². The molecule has 0 amide bonds. The molecule has 1 heterocycles. The summed E-state index contributed by atoms with van der Waals surface area (Å²) in [5, 5.41) is 0.122. The van der Waals surface area contributed by atoms with Crippen LogP contribution in [0.2, 0.25) is 5.15 Å². The van der Waals surface area contributed by atoms with Gasteiger partial charge in [-0.3, -0.25) is 14.3 Å². The highest BCUT2D eigenvalue weighted by Gasteiger charge is 2.43. The molecule has 0 spiro atoms. The molecular formula is C11H13ClN2O2. The highest BCUT2D eigenvalue weighted by Crippen LogP contribution is 2.51. The largest absolute Gasteiger partial charge is 0.329 e. The summed E-state index contributed by atoms with van der Waals surface area (Å²) in [5.41, 5.74) is -0.626. The van der Waals surface area contributed by atoms with Crippen LogP contribution in [0.4, 0.5) is 0 Å². The fraction of sp³-hybridized carbons (Fsp3) is 0.636. The molecule has 0 atom stereocenters. The number of aromatic nitrogens is 2. The number of H-pyrrole nitrogens is 1. The Kier molecular flexibility index (Phi) is 2.21. The second kappa shape index (κ2) is 3.48. The minimum Gasteiger partial charge on any atom is -0.298 e. The molecule has 0 saturated heterocycles. The highest BCUT2D eigenvalue weighted by molar-refractivity contribution is 6.29. The fourth-order valence-electron chi connectivity index (χ4n) is 2.44. The third-order valence-electron chi connectivity index (χ3n) is 3.44. The van der Waals surface area contributed by atoms with Gasteiger partial charge in [0.1, 0.15) is 5.15 Å². The van der Waals surface area contributed by atoms with Gasteiger partial charge in [0.2, 0.25) is 0 Å². The molecule has 3 rings (SSSR count). The number of aromatic amines is 1. The lowest BCUT2D eigenvalue weighted by Gasteiger charge is -2.17. The molecule has 0 radical (unpaired) electrons. The van der Waals surface area contributed by atoms with Gasteiger partial charge in [-0.2, -0.15) is 0 Å². The number of nitrogens with one attached hydrogen (secondary N) is 1. The Balaban J connectivity index is 2.10. The van der Waals surface area contributed by atoms with E-state index >= 15 is 0 Å². The topological polar surface area (TPSA) is 54.9 Å². The van der Waals surface area contributed by atoms with E-state index in [-0.39, 0.29) is 22.4 Å². The Hall–Kier alpha value is -1.03. The summed E-state index contributed by atoms with van der Waals surface area (Å²) in [7, 11) is 0. The smallest absolute Gasteiger partial charge is 0.298 e. The second-order valence-corrected chi connectivity index (χ2v) is 5.20. The van der Waals surface area contributed by atoms with Crippen LogP contribution in [0.5, 0.6) is 0 Å². The summed E-state index contributed by atoms with van der Waals surface area (Å²) in [4.78, 5) is 26.1. The SMILES string of the molecule is O=c1cc(Cl)[nH]c(=O)n1C(C1CC1)C1CC1. The van der Waals surface area contributed by atoms with E-state index in [1.807, 2.05) is 0 Å². The van der Waals surface area contributed by atoms with Gasteiger partial charge in [-0.05, 0) is 37.5 Å². The van der Waals surface area contributed by atoms with Gasteiger partial charge in [0.05, 0.1) is 0 Å². The summed E-state index contributed by atoms with van der Waals surface area (Å²) in [6.07, 6.45) is 4.54. The van der Waals surface area contributed by atoms with Gasteiger partial charge >= 0.3 is 5.69 Å². The molecular weight excluding hydrogens is 228 g/mol. The first-order chi connectivity index (χ1) is 7.66. The van der Waals surface area contributed by atoms with Gasteiger partial charge in [-0.25, -0.2) is 4.79 Å². The average molecular weight is 241 g/mol. The van der Waals surface area contributed by atoms with Crippen molar-refractivity contribution in [3.63, 3.8) is 0 Å². The number of rotatable bonds is 3. The van der Waals surface area contributed by atoms with Crippen molar-refractivity contribution >= 4 is 11.6 Å². The van der Waals surface area contributed by atoms with E-state index in [2.05, 4.69) is 4.98 Å². The number of hydrogen-bond acceptors (Lipinski definition) is 2. The summed E-state index contributed by atoms with van der Waals surface area (Å²) < 4.78 is 1.38. The van der Waals surface area contributed by atoms with Crippen molar-refractivity contribution in [2.24, 2.45) is 11.8 Å². The first kappa shape index (κ1) is 10.1. The van der Waals surface area contributed by atoms with E-state index in [4.69, 9.17) is 11.6 Å². The lowest BCUT2D eigenvalue weighted by atomic mass is 10.1. The summed E-state index contributed by atoms with van der Waals surface area (Å²) in [6.45, 7) is 0. The number of hydrogen-bond donors (Lipinski definition) is 1. The van der Waals surface area contributed by atoms with Gasteiger partial charge in [0.15, 0.2) is 0 Å². The van der Waals surface area contributed by atoms with E-state index in [9.17, 15) is 9.59 Å². The predicted octanol–water partition coefficient (Wildman–Crippen LogP) is 1.55. The molecule has 0 aromatic carbocycles. The number of nitrogens with zero attached hydrogens (tertiary/aromatic N) is 1. The first-order valence-electron chi connectivity index (χ1n) is 5.68. The zero-order chi connectivity index (χ0) is 11.3. The molecule has 2 saturated carbocycles. The lowest BCUT2D eigenvalue weighted by Crippen LogP contribution is -2.39. The van der Waals surface area contributed by atoms with Crippen LogP contribution in [0.15, 0.2) is 15.7 Å². The van der Waals surface area contributed by atoms with Gasteiger partial charge in [0.25, 0.3) is 5.56 Å². The molecule has 5 heteroatoms. The van der Waals surface area contributed by atoms with Gasteiger partial charge in [-0.15, -0.1) is 0 Å². The maximum atomic E-state index is 11.8. The molecule has 1 aromatic heterocycles.